The molecule has 5 heteroatoms. The maximum atomic E-state index is 12.8. The number of carbonyl (C=O) groups is 2. The van der Waals surface area contributed by atoms with E-state index in [2.05, 4.69) is 0 Å². The lowest BCUT2D eigenvalue weighted by Crippen LogP contribution is -2.32. The first-order valence-electron chi connectivity index (χ1n) is 9.28. The van der Waals surface area contributed by atoms with Crippen LogP contribution in [0.1, 0.15) is 35.2 Å². The molecule has 0 spiro atoms. The van der Waals surface area contributed by atoms with Gasteiger partial charge in [0.05, 0.1) is 18.8 Å². The molecule has 1 heterocycles. The predicted molar refractivity (Wildman–Crippen MR) is 100 cm³/mol. The van der Waals surface area contributed by atoms with Crippen molar-refractivity contribution in [2.75, 3.05) is 13.2 Å². The molecule has 2 aromatic carbocycles. The van der Waals surface area contributed by atoms with E-state index in [1.807, 2.05) is 36.4 Å². The molecule has 1 aliphatic heterocycles. The quantitative estimate of drug-likeness (QED) is 0.667. The van der Waals surface area contributed by atoms with Crippen molar-refractivity contribution in [1.29, 1.82) is 0 Å². The van der Waals surface area contributed by atoms with Gasteiger partial charge in [0.15, 0.2) is 18.2 Å². The number of hydrogen-bond acceptors (Lipinski definition) is 5. The molecule has 0 N–H and O–H groups in total. The molecule has 0 aromatic heterocycles. The van der Waals surface area contributed by atoms with E-state index in [0.717, 1.165) is 12.0 Å². The van der Waals surface area contributed by atoms with E-state index in [-0.39, 0.29) is 18.5 Å². The average molecular weight is 368 g/mol. The van der Waals surface area contributed by atoms with Crippen LogP contribution in [-0.4, -0.2) is 37.4 Å². The molecule has 2 aromatic rings. The first-order chi connectivity index (χ1) is 13.2. The summed E-state index contributed by atoms with van der Waals surface area (Å²) in [6.45, 7) is 1.30. The smallest absolute Gasteiger partial charge is 0.338 e. The van der Waals surface area contributed by atoms with E-state index in [0.29, 0.717) is 31.6 Å². The van der Waals surface area contributed by atoms with Crippen molar-refractivity contribution in [1.82, 2.24) is 0 Å². The molecular weight excluding hydrogens is 344 g/mol. The van der Waals surface area contributed by atoms with Crippen LogP contribution >= 0.6 is 0 Å². The Kier molecular flexibility index (Phi) is 7.13. The topological polar surface area (TPSA) is 61.8 Å². The summed E-state index contributed by atoms with van der Waals surface area (Å²) >= 11 is 0. The highest BCUT2D eigenvalue weighted by Crippen LogP contribution is 2.16. The summed E-state index contributed by atoms with van der Waals surface area (Å²) < 4.78 is 16.6. The third kappa shape index (κ3) is 6.01. The van der Waals surface area contributed by atoms with Crippen LogP contribution in [0.5, 0.6) is 0 Å². The van der Waals surface area contributed by atoms with Gasteiger partial charge >= 0.3 is 5.97 Å². The summed E-state index contributed by atoms with van der Waals surface area (Å²) in [5.74, 6) is -0.615. The molecule has 0 aliphatic carbocycles. The zero-order valence-electron chi connectivity index (χ0n) is 15.2. The minimum Gasteiger partial charge on any atom is -0.450 e. The van der Waals surface area contributed by atoms with E-state index in [1.54, 1.807) is 24.3 Å². The molecule has 1 atom stereocenters. The lowest BCUT2D eigenvalue weighted by molar-refractivity contribution is -0.182. The van der Waals surface area contributed by atoms with Gasteiger partial charge in [0.1, 0.15) is 0 Å². The Morgan fingerprint density at radius 1 is 0.963 bits per heavy atom. The first-order valence-corrected chi connectivity index (χ1v) is 9.28. The summed E-state index contributed by atoms with van der Waals surface area (Å²) in [4.78, 5) is 25.2. The molecule has 1 aliphatic rings. The van der Waals surface area contributed by atoms with Gasteiger partial charge in [0.2, 0.25) is 0 Å². The van der Waals surface area contributed by atoms with Gasteiger partial charge in [-0.3, -0.25) is 4.79 Å². The van der Waals surface area contributed by atoms with Crippen molar-refractivity contribution in [3.05, 3.63) is 71.8 Å². The van der Waals surface area contributed by atoms with Crippen LogP contribution in [0.2, 0.25) is 0 Å². The van der Waals surface area contributed by atoms with Crippen molar-refractivity contribution in [3.63, 3.8) is 0 Å². The molecular formula is C22H24O5. The fraction of sp³-hybridized carbons (Fsp3) is 0.364. The van der Waals surface area contributed by atoms with Gasteiger partial charge in [-0.25, -0.2) is 4.79 Å². The highest BCUT2D eigenvalue weighted by Gasteiger charge is 2.25. The fourth-order valence-corrected chi connectivity index (χ4v) is 2.95. The van der Waals surface area contributed by atoms with Gasteiger partial charge in [-0.1, -0.05) is 48.5 Å². The Bertz CT molecular complexity index is 723. The van der Waals surface area contributed by atoms with Gasteiger partial charge in [-0.2, -0.15) is 0 Å². The summed E-state index contributed by atoms with van der Waals surface area (Å²) in [5, 5.41) is 0. The van der Waals surface area contributed by atoms with Gasteiger partial charge in [-0.15, -0.1) is 0 Å². The van der Waals surface area contributed by atoms with E-state index >= 15 is 0 Å². The first kappa shape index (κ1) is 19.3. The Labute approximate surface area is 159 Å². The van der Waals surface area contributed by atoms with Crippen LogP contribution in [0.3, 0.4) is 0 Å². The molecule has 0 amide bonds. The second kappa shape index (κ2) is 10.00. The molecule has 0 unspecified atom stereocenters. The zero-order valence-corrected chi connectivity index (χ0v) is 15.2. The Balaban J connectivity index is 1.64. The number of ketones is 1. The van der Waals surface area contributed by atoms with Crippen LogP contribution < -0.4 is 0 Å². The molecule has 3 rings (SSSR count). The standard InChI is InChI=1S/C22H24O5/c23-19(12-13-21-25-14-7-15-26-21)20(16-17-8-3-1-4-9-17)27-22(24)18-10-5-2-6-11-18/h1-6,8-11,20-21H,7,12-16H2/t20-/m0/s1. The second-order valence-corrected chi connectivity index (χ2v) is 6.48. The molecule has 0 radical (unpaired) electrons. The largest absolute Gasteiger partial charge is 0.450 e. The monoisotopic (exact) mass is 368 g/mol. The highest BCUT2D eigenvalue weighted by atomic mass is 16.7. The maximum Gasteiger partial charge on any atom is 0.338 e. The SMILES string of the molecule is O=C(O[C@@H](Cc1ccccc1)C(=O)CCC1OCCCO1)c1ccccc1. The van der Waals surface area contributed by atoms with Crippen molar-refractivity contribution in [2.24, 2.45) is 0 Å². The summed E-state index contributed by atoms with van der Waals surface area (Å²) in [7, 11) is 0. The van der Waals surface area contributed by atoms with Gasteiger partial charge < -0.3 is 14.2 Å². The van der Waals surface area contributed by atoms with Crippen LogP contribution in [0.4, 0.5) is 0 Å². The van der Waals surface area contributed by atoms with Crippen molar-refractivity contribution >= 4 is 11.8 Å². The van der Waals surface area contributed by atoms with Crippen molar-refractivity contribution in [2.45, 2.75) is 38.1 Å². The molecule has 142 valence electrons. The number of Topliss-reactive ketones (excluding diaryl/α,β-unsaturated/α-hetero) is 1. The predicted octanol–water partition coefficient (Wildman–Crippen LogP) is 3.57. The van der Waals surface area contributed by atoms with E-state index in [4.69, 9.17) is 14.2 Å². The molecule has 27 heavy (non-hydrogen) atoms. The van der Waals surface area contributed by atoms with E-state index < -0.39 is 12.1 Å². The fourth-order valence-electron chi connectivity index (χ4n) is 2.95. The molecule has 1 saturated heterocycles. The number of carbonyl (C=O) groups excluding carboxylic acids is 2. The number of esters is 1. The van der Waals surface area contributed by atoms with E-state index in [1.165, 1.54) is 0 Å². The number of ether oxygens (including phenoxy) is 3. The van der Waals surface area contributed by atoms with E-state index in [9.17, 15) is 9.59 Å². The third-order valence-corrected chi connectivity index (χ3v) is 4.40. The average Bonchev–Trinajstić information content (AvgIpc) is 2.73. The molecule has 0 bridgehead atoms. The molecule has 5 nitrogen and oxygen atoms in total. The Hall–Kier alpha value is -2.50. The van der Waals surface area contributed by atoms with Gasteiger partial charge in [0.25, 0.3) is 0 Å². The third-order valence-electron chi connectivity index (χ3n) is 4.40. The van der Waals surface area contributed by atoms with Crippen LogP contribution in [-0.2, 0) is 25.4 Å². The molecule has 0 saturated carbocycles. The maximum absolute atomic E-state index is 12.8. The highest BCUT2D eigenvalue weighted by molar-refractivity contribution is 5.92. The normalized spacial score (nSPS) is 15.9. The summed E-state index contributed by atoms with van der Waals surface area (Å²) in [5.41, 5.74) is 1.38. The van der Waals surface area contributed by atoms with Gasteiger partial charge in [-0.05, 0) is 24.1 Å². The van der Waals surface area contributed by atoms with Crippen LogP contribution in [0.25, 0.3) is 0 Å². The lowest BCUT2D eigenvalue weighted by atomic mass is 10.0. The number of rotatable bonds is 8. The number of hydrogen-bond donors (Lipinski definition) is 0. The summed E-state index contributed by atoms with van der Waals surface area (Å²) in [6.07, 6.45) is 0.742. The Morgan fingerprint density at radius 2 is 1.59 bits per heavy atom. The molecule has 1 fully saturated rings. The van der Waals surface area contributed by atoms with Crippen LogP contribution in [0, 0.1) is 0 Å². The summed E-state index contributed by atoms with van der Waals surface area (Å²) in [6, 6.07) is 18.3. The Morgan fingerprint density at radius 3 is 2.26 bits per heavy atom. The lowest BCUT2D eigenvalue weighted by Gasteiger charge is -2.24. The van der Waals surface area contributed by atoms with Crippen molar-refractivity contribution in [3.8, 4) is 0 Å². The minimum atomic E-state index is -0.830. The van der Waals surface area contributed by atoms with Crippen molar-refractivity contribution < 1.29 is 23.8 Å². The second-order valence-electron chi connectivity index (χ2n) is 6.48. The van der Waals surface area contributed by atoms with Gasteiger partial charge in [0, 0.05) is 19.3 Å². The zero-order chi connectivity index (χ0) is 18.9. The number of benzene rings is 2. The minimum absolute atomic E-state index is 0.124. The van der Waals surface area contributed by atoms with Crippen LogP contribution in [0.15, 0.2) is 60.7 Å².